The molecule has 0 spiro atoms. The van der Waals surface area contributed by atoms with E-state index in [4.69, 9.17) is 10.1 Å². The van der Waals surface area contributed by atoms with E-state index in [1.54, 1.807) is 31.5 Å². The molecule has 0 saturated heterocycles. The molecule has 219 valence electrons. The summed E-state index contributed by atoms with van der Waals surface area (Å²) in [4.78, 5) is 15.1. The Kier molecular flexibility index (Phi) is 8.65. The molecule has 5 aromatic rings. The quantitative estimate of drug-likeness (QED) is 0.0923. The molecule has 43 heavy (non-hydrogen) atoms. The minimum atomic E-state index is -1.93. The number of rotatable bonds is 2. The molecule has 0 fully saturated rings. The van der Waals surface area contributed by atoms with Gasteiger partial charge in [0.2, 0.25) is 0 Å². The summed E-state index contributed by atoms with van der Waals surface area (Å²) in [6.45, 7) is 13.0. The summed E-state index contributed by atoms with van der Waals surface area (Å²) in [6.07, 6.45) is 1.17. The van der Waals surface area contributed by atoms with Crippen LogP contribution < -0.4 is 36.7 Å². The van der Waals surface area contributed by atoms with E-state index < -0.39 is 24.1 Å². The number of ketones is 1. The number of nitrogens with zero attached hydrogens (tertiary/aromatic N) is 1. The van der Waals surface area contributed by atoms with Gasteiger partial charge in [0, 0.05) is 26.2 Å². The Labute approximate surface area is 271 Å². The smallest absolute Gasteiger partial charge is 0.155 e. The van der Waals surface area contributed by atoms with E-state index in [-0.39, 0.29) is 31.6 Å². The minimum absolute atomic E-state index is 0. The number of allylic oxidation sites excluding steroid dienone is 2. The van der Waals surface area contributed by atoms with Gasteiger partial charge in [0.15, 0.2) is 5.78 Å². The standard InChI is InChI=1S/C31H27NPSi2.C5H8O2.Ir/c1-34(2)27-15-9-7-13-25(27)33-26-14-8-10-16-28(26)35(3,4)30-20-22(19-29(34)31(30)33)24-18-17-21-11-5-6-12-23(21)32-24;1-4(6)3-5(2)7;/h5-19H,1-4H3;3,6H,1-2H3;/q-1;;/b;4-3-;. The Morgan fingerprint density at radius 3 is 1.98 bits per heavy atom. The zero-order chi connectivity index (χ0) is 29.8. The van der Waals surface area contributed by atoms with Crippen LogP contribution in [-0.2, 0) is 24.9 Å². The summed E-state index contributed by atoms with van der Waals surface area (Å²) in [5.41, 5.74) is 3.26. The van der Waals surface area contributed by atoms with Gasteiger partial charge in [-0.2, -0.15) is 0 Å². The number of carbonyl (C=O) groups is 1. The molecule has 1 radical (unpaired) electrons. The summed E-state index contributed by atoms with van der Waals surface area (Å²) >= 11 is 0. The fourth-order valence-electron chi connectivity index (χ4n) is 6.43. The van der Waals surface area contributed by atoms with Gasteiger partial charge in [0.25, 0.3) is 0 Å². The first-order valence-corrected chi connectivity index (χ1v) is 21.7. The van der Waals surface area contributed by atoms with Gasteiger partial charge in [-0.25, -0.2) is 0 Å². The van der Waals surface area contributed by atoms with Crippen molar-refractivity contribution in [1.82, 2.24) is 4.98 Å². The van der Waals surface area contributed by atoms with Gasteiger partial charge in [-0.3, -0.25) is 9.78 Å². The van der Waals surface area contributed by atoms with Gasteiger partial charge in [-0.15, -0.1) is 28.1 Å². The van der Waals surface area contributed by atoms with Crippen molar-refractivity contribution in [1.29, 1.82) is 0 Å². The van der Waals surface area contributed by atoms with Crippen LogP contribution in [0.25, 0.3) is 22.2 Å². The summed E-state index contributed by atoms with van der Waals surface area (Å²) in [7, 11) is -4.39. The van der Waals surface area contributed by atoms with Crippen molar-refractivity contribution < 1.29 is 30.0 Å². The fourth-order valence-corrected chi connectivity index (χ4v) is 19.1. The van der Waals surface area contributed by atoms with E-state index in [1.165, 1.54) is 36.1 Å². The number of aromatic nitrogens is 1. The van der Waals surface area contributed by atoms with Crippen LogP contribution >= 0.6 is 7.92 Å². The van der Waals surface area contributed by atoms with Crippen molar-refractivity contribution in [3.05, 3.63) is 109 Å². The molecular weight excluding hydrogens is 758 g/mol. The van der Waals surface area contributed by atoms with Crippen molar-refractivity contribution in [3.63, 3.8) is 0 Å². The number of carbonyl (C=O) groups excluding carboxylic acids is 1. The van der Waals surface area contributed by atoms with Crippen LogP contribution in [0.2, 0.25) is 26.2 Å². The van der Waals surface area contributed by atoms with Crippen LogP contribution in [0.3, 0.4) is 0 Å². The SMILES string of the molecule is CC(=O)/C=C(/C)O.C[Si]1(C)c2[c-]c(-c3ccc4ccccc4n3)cc3c2P(c2ccccc21)c1ccccc1[Si]3(C)C.[Ir]. The van der Waals surface area contributed by atoms with E-state index in [0.29, 0.717) is 0 Å². The van der Waals surface area contributed by atoms with E-state index in [0.717, 1.165) is 11.2 Å². The van der Waals surface area contributed by atoms with E-state index >= 15 is 0 Å². The first-order valence-electron chi connectivity index (χ1n) is 14.3. The van der Waals surface area contributed by atoms with Crippen LogP contribution in [0.15, 0.2) is 103 Å². The largest absolute Gasteiger partial charge is 0.512 e. The zero-order valence-electron chi connectivity index (χ0n) is 25.3. The van der Waals surface area contributed by atoms with Crippen LogP contribution in [0.1, 0.15) is 13.8 Å². The molecule has 3 heterocycles. The monoisotopic (exact) mass is 793 g/mol. The van der Waals surface area contributed by atoms with Crippen molar-refractivity contribution in [2.24, 2.45) is 0 Å². The first-order chi connectivity index (χ1) is 20.0. The molecule has 2 aliphatic heterocycles. The Morgan fingerprint density at radius 1 is 0.791 bits per heavy atom. The molecule has 7 heteroatoms. The van der Waals surface area contributed by atoms with E-state index in [1.807, 2.05) is 0 Å². The number of hydrogen-bond donors (Lipinski definition) is 1. The summed E-state index contributed by atoms with van der Waals surface area (Å²) in [5, 5.41) is 20.6. The van der Waals surface area contributed by atoms with Crippen LogP contribution in [0, 0.1) is 6.07 Å². The Hall–Kier alpha value is -2.99. The van der Waals surface area contributed by atoms with Gasteiger partial charge in [-0.05, 0) is 52.0 Å². The maximum atomic E-state index is 10.0. The molecule has 7 rings (SSSR count). The molecule has 0 saturated carbocycles. The molecule has 0 aliphatic carbocycles. The van der Waals surface area contributed by atoms with Gasteiger partial charge in [0.1, 0.15) is 0 Å². The molecule has 4 aromatic carbocycles. The van der Waals surface area contributed by atoms with E-state index in [9.17, 15) is 4.79 Å². The van der Waals surface area contributed by atoms with Crippen LogP contribution in [0.4, 0.5) is 0 Å². The normalized spacial score (nSPS) is 16.9. The van der Waals surface area contributed by atoms with Gasteiger partial charge in [0.05, 0.1) is 27.4 Å². The maximum Gasteiger partial charge on any atom is 0.155 e. The second kappa shape index (κ2) is 11.8. The molecular formula is C36H35IrNO2PSi2-. The molecule has 2 aliphatic rings. The molecule has 0 amide bonds. The van der Waals surface area contributed by atoms with Crippen molar-refractivity contribution in [3.8, 4) is 11.3 Å². The minimum Gasteiger partial charge on any atom is -0.512 e. The van der Waals surface area contributed by atoms with Gasteiger partial charge < -0.3 is 5.11 Å². The van der Waals surface area contributed by atoms with Crippen LogP contribution in [0.5, 0.6) is 0 Å². The van der Waals surface area contributed by atoms with Crippen molar-refractivity contribution in [2.45, 2.75) is 40.0 Å². The average molecular weight is 793 g/mol. The molecule has 1 unspecified atom stereocenters. The molecule has 1 aromatic heterocycles. The Morgan fingerprint density at radius 2 is 1.37 bits per heavy atom. The third-order valence-corrected chi connectivity index (χ3v) is 18.9. The molecule has 0 bridgehead atoms. The average Bonchev–Trinajstić information content (AvgIpc) is 2.96. The third kappa shape index (κ3) is 5.45. The number of para-hydroxylation sites is 1. The first kappa shape index (κ1) is 31.4. The summed E-state index contributed by atoms with van der Waals surface area (Å²) in [5.74, 6) is -0.0625. The zero-order valence-corrected chi connectivity index (χ0v) is 30.6. The number of aliphatic hydroxyl groups is 1. The second-order valence-electron chi connectivity index (χ2n) is 12.2. The number of pyridine rings is 1. The van der Waals surface area contributed by atoms with Gasteiger partial charge >= 0.3 is 0 Å². The predicted molar refractivity (Wildman–Crippen MR) is 185 cm³/mol. The number of hydrogen-bond acceptors (Lipinski definition) is 3. The number of benzene rings is 4. The topological polar surface area (TPSA) is 50.2 Å². The number of fused-ring (bicyclic) bond motifs is 5. The fraction of sp³-hybridized carbons (Fsp3) is 0.167. The Balaban J connectivity index is 0.000000415. The Bertz CT molecular complexity index is 1830. The number of aliphatic hydroxyl groups excluding tert-OH is 1. The second-order valence-corrected chi connectivity index (χ2v) is 22.9. The van der Waals surface area contributed by atoms with E-state index in [2.05, 4.69) is 123 Å². The molecule has 1 N–H and O–H groups in total. The summed E-state index contributed by atoms with van der Waals surface area (Å²) in [6, 6.07) is 37.9. The predicted octanol–water partition coefficient (Wildman–Crippen LogP) is 4.77. The molecule has 1 atom stereocenters. The van der Waals surface area contributed by atoms with Crippen molar-refractivity contribution in [2.75, 3.05) is 0 Å². The van der Waals surface area contributed by atoms with Gasteiger partial charge in [-0.1, -0.05) is 118 Å². The van der Waals surface area contributed by atoms with Crippen LogP contribution in [-0.4, -0.2) is 32.0 Å². The maximum absolute atomic E-state index is 10.0. The van der Waals surface area contributed by atoms with Crippen molar-refractivity contribution >= 4 is 77.4 Å². The summed E-state index contributed by atoms with van der Waals surface area (Å²) < 4.78 is 0. The molecule has 3 nitrogen and oxygen atoms in total. The third-order valence-electron chi connectivity index (χ3n) is 8.49.